The zero-order chi connectivity index (χ0) is 13.8. The minimum Gasteiger partial charge on any atom is -0.481 e. The third kappa shape index (κ3) is 5.68. The number of hydrogen-bond donors (Lipinski definition) is 3. The molecule has 0 aliphatic carbocycles. The number of rotatable bonds is 5. The average Bonchev–Trinajstić information content (AvgIpc) is 2.14. The van der Waals surface area contributed by atoms with E-state index in [9.17, 15) is 9.59 Å². The van der Waals surface area contributed by atoms with Crippen molar-refractivity contribution < 1.29 is 14.7 Å². The van der Waals surface area contributed by atoms with Crippen molar-refractivity contribution in [3.05, 3.63) is 0 Å². The van der Waals surface area contributed by atoms with Gasteiger partial charge in [-0.1, -0.05) is 20.8 Å². The lowest BCUT2D eigenvalue weighted by molar-refractivity contribution is -0.142. The highest BCUT2D eigenvalue weighted by Crippen LogP contribution is 2.19. The number of aliphatic carboxylic acids is 1. The Balaban J connectivity index is 4.24. The van der Waals surface area contributed by atoms with Gasteiger partial charge >= 0.3 is 5.97 Å². The molecular formula is C12H24N2O3. The van der Waals surface area contributed by atoms with E-state index in [0.29, 0.717) is 0 Å². The zero-order valence-corrected chi connectivity index (χ0v) is 11.3. The van der Waals surface area contributed by atoms with Crippen LogP contribution >= 0.6 is 0 Å². The van der Waals surface area contributed by atoms with Crippen LogP contribution in [0.4, 0.5) is 0 Å². The Morgan fingerprint density at radius 3 is 2.12 bits per heavy atom. The smallest absolute Gasteiger partial charge is 0.308 e. The molecule has 0 radical (unpaired) electrons. The number of carbonyl (C=O) groups is 2. The molecule has 0 aliphatic rings. The van der Waals surface area contributed by atoms with Gasteiger partial charge < -0.3 is 16.2 Å². The molecule has 5 nitrogen and oxygen atoms in total. The van der Waals surface area contributed by atoms with Gasteiger partial charge in [0.15, 0.2) is 0 Å². The van der Waals surface area contributed by atoms with E-state index in [0.717, 1.165) is 0 Å². The second kappa shape index (κ2) is 6.00. The Bertz CT molecular complexity index is 284. The molecule has 3 unspecified atom stereocenters. The van der Waals surface area contributed by atoms with Gasteiger partial charge in [-0.3, -0.25) is 9.59 Å². The molecule has 0 aromatic rings. The van der Waals surface area contributed by atoms with Crippen molar-refractivity contribution in [3.8, 4) is 0 Å². The maximum atomic E-state index is 11.7. The highest BCUT2D eigenvalue weighted by Gasteiger charge is 2.25. The van der Waals surface area contributed by atoms with Crippen molar-refractivity contribution in [1.82, 2.24) is 5.32 Å². The molecule has 100 valence electrons. The number of carboxylic acid groups (broad SMARTS) is 1. The predicted molar refractivity (Wildman–Crippen MR) is 66.5 cm³/mol. The fraction of sp³-hybridized carbons (Fsp3) is 0.833. The summed E-state index contributed by atoms with van der Waals surface area (Å²) < 4.78 is 0. The Morgan fingerprint density at radius 2 is 1.76 bits per heavy atom. The van der Waals surface area contributed by atoms with Gasteiger partial charge in [0.25, 0.3) is 0 Å². The van der Waals surface area contributed by atoms with Gasteiger partial charge in [-0.15, -0.1) is 0 Å². The van der Waals surface area contributed by atoms with Gasteiger partial charge in [-0.2, -0.15) is 0 Å². The van der Waals surface area contributed by atoms with Crippen LogP contribution in [0.3, 0.4) is 0 Å². The number of nitrogens with one attached hydrogen (secondary N) is 1. The van der Waals surface area contributed by atoms with Gasteiger partial charge in [0, 0.05) is 18.5 Å². The van der Waals surface area contributed by atoms with Crippen molar-refractivity contribution in [3.63, 3.8) is 0 Å². The van der Waals surface area contributed by atoms with Gasteiger partial charge in [-0.05, 0) is 19.3 Å². The van der Waals surface area contributed by atoms with Crippen LogP contribution in [0, 0.1) is 11.3 Å². The minimum absolute atomic E-state index is 0.140. The molecule has 4 N–H and O–H groups in total. The number of carboxylic acids is 1. The molecule has 0 saturated carbocycles. The molecule has 0 saturated heterocycles. The first-order chi connectivity index (χ1) is 7.55. The molecule has 0 spiro atoms. The highest BCUT2D eigenvalue weighted by atomic mass is 16.4. The van der Waals surface area contributed by atoms with E-state index < -0.39 is 17.9 Å². The average molecular weight is 244 g/mol. The molecule has 17 heavy (non-hydrogen) atoms. The summed E-state index contributed by atoms with van der Waals surface area (Å²) in [7, 11) is 0. The SMILES string of the molecule is CC(NC(=O)CC(N)C(C)(C)C)C(C)C(=O)O. The minimum atomic E-state index is -0.919. The summed E-state index contributed by atoms with van der Waals surface area (Å²) in [5.74, 6) is -1.73. The van der Waals surface area contributed by atoms with Gasteiger partial charge in [0.1, 0.15) is 0 Å². The Hall–Kier alpha value is -1.10. The van der Waals surface area contributed by atoms with Crippen molar-refractivity contribution in [2.24, 2.45) is 17.1 Å². The fourth-order valence-electron chi connectivity index (χ4n) is 1.16. The molecular weight excluding hydrogens is 220 g/mol. The quantitative estimate of drug-likeness (QED) is 0.672. The van der Waals surface area contributed by atoms with E-state index >= 15 is 0 Å². The summed E-state index contributed by atoms with van der Waals surface area (Å²) in [5, 5.41) is 11.5. The number of hydrogen-bond acceptors (Lipinski definition) is 3. The highest BCUT2D eigenvalue weighted by molar-refractivity contribution is 5.78. The third-order valence-electron chi connectivity index (χ3n) is 3.05. The first-order valence-electron chi connectivity index (χ1n) is 5.83. The van der Waals surface area contributed by atoms with Crippen molar-refractivity contribution in [1.29, 1.82) is 0 Å². The van der Waals surface area contributed by atoms with E-state index in [4.69, 9.17) is 10.8 Å². The van der Waals surface area contributed by atoms with E-state index in [-0.39, 0.29) is 23.8 Å². The number of carbonyl (C=O) groups excluding carboxylic acids is 1. The van der Waals surface area contributed by atoms with Crippen LogP contribution in [-0.2, 0) is 9.59 Å². The Labute approximate surface area is 103 Å². The largest absolute Gasteiger partial charge is 0.481 e. The van der Waals surface area contributed by atoms with Crippen LogP contribution in [-0.4, -0.2) is 29.1 Å². The van der Waals surface area contributed by atoms with Crippen LogP contribution in [0.2, 0.25) is 0 Å². The van der Waals surface area contributed by atoms with Crippen molar-refractivity contribution in [2.45, 2.75) is 53.1 Å². The molecule has 0 aromatic carbocycles. The maximum absolute atomic E-state index is 11.7. The molecule has 0 fully saturated rings. The summed E-state index contributed by atoms with van der Waals surface area (Å²) in [4.78, 5) is 22.4. The first-order valence-corrected chi connectivity index (χ1v) is 5.83. The van der Waals surface area contributed by atoms with Crippen LogP contribution in [0.25, 0.3) is 0 Å². The van der Waals surface area contributed by atoms with Crippen LogP contribution < -0.4 is 11.1 Å². The van der Waals surface area contributed by atoms with E-state index in [1.54, 1.807) is 13.8 Å². The van der Waals surface area contributed by atoms with Crippen molar-refractivity contribution in [2.75, 3.05) is 0 Å². The lowest BCUT2D eigenvalue weighted by Gasteiger charge is -2.27. The standard InChI is InChI=1S/C12H24N2O3/c1-7(11(16)17)8(2)14-10(15)6-9(13)12(3,4)5/h7-9H,6,13H2,1-5H3,(H,14,15)(H,16,17). The normalized spacial score (nSPS) is 17.1. The Morgan fingerprint density at radius 1 is 1.29 bits per heavy atom. The maximum Gasteiger partial charge on any atom is 0.308 e. The van der Waals surface area contributed by atoms with Crippen molar-refractivity contribution >= 4 is 11.9 Å². The topological polar surface area (TPSA) is 92.4 Å². The summed E-state index contributed by atoms with van der Waals surface area (Å²) in [5.41, 5.74) is 5.75. The van der Waals surface area contributed by atoms with Crippen LogP contribution in [0.5, 0.6) is 0 Å². The third-order valence-corrected chi connectivity index (χ3v) is 3.05. The number of amides is 1. The van der Waals surface area contributed by atoms with Gasteiger partial charge in [-0.25, -0.2) is 0 Å². The number of nitrogens with two attached hydrogens (primary N) is 1. The monoisotopic (exact) mass is 244 g/mol. The predicted octanol–water partition coefficient (Wildman–Crippen LogP) is 0.975. The summed E-state index contributed by atoms with van der Waals surface area (Å²) in [6, 6.07) is -0.637. The lowest BCUT2D eigenvalue weighted by Crippen LogP contribution is -2.44. The van der Waals surface area contributed by atoms with Crippen LogP contribution in [0.15, 0.2) is 0 Å². The summed E-state index contributed by atoms with van der Waals surface area (Å²) >= 11 is 0. The van der Waals surface area contributed by atoms with E-state index in [2.05, 4.69) is 5.32 Å². The summed E-state index contributed by atoms with van der Waals surface area (Å²) in [6.07, 6.45) is 0.209. The molecule has 0 bridgehead atoms. The molecule has 0 heterocycles. The van der Waals surface area contributed by atoms with E-state index in [1.165, 1.54) is 0 Å². The molecule has 0 aromatic heterocycles. The first kappa shape index (κ1) is 15.9. The van der Waals surface area contributed by atoms with E-state index in [1.807, 2.05) is 20.8 Å². The molecule has 0 rings (SSSR count). The van der Waals surface area contributed by atoms with Crippen LogP contribution in [0.1, 0.15) is 41.0 Å². The second-order valence-electron chi connectivity index (χ2n) is 5.66. The molecule has 5 heteroatoms. The second-order valence-corrected chi connectivity index (χ2v) is 5.66. The zero-order valence-electron chi connectivity index (χ0n) is 11.3. The lowest BCUT2D eigenvalue weighted by atomic mass is 9.85. The molecule has 1 amide bonds. The molecule has 0 aliphatic heterocycles. The molecule has 3 atom stereocenters. The fourth-order valence-corrected chi connectivity index (χ4v) is 1.16. The van der Waals surface area contributed by atoms with Gasteiger partial charge in [0.05, 0.1) is 5.92 Å². The summed E-state index contributed by atoms with van der Waals surface area (Å²) in [6.45, 7) is 9.15. The van der Waals surface area contributed by atoms with Gasteiger partial charge in [0.2, 0.25) is 5.91 Å². The Kier molecular flexibility index (Phi) is 5.61.